The van der Waals surface area contributed by atoms with E-state index in [1.54, 1.807) is 6.07 Å². The zero-order chi connectivity index (χ0) is 22.3. The first-order valence-electron chi connectivity index (χ1n) is 10.6. The van der Waals surface area contributed by atoms with Crippen molar-refractivity contribution in [1.82, 2.24) is 5.32 Å². The molecule has 2 aliphatic rings. The first-order chi connectivity index (χ1) is 14.7. The van der Waals surface area contributed by atoms with Gasteiger partial charge in [0.05, 0.1) is 5.39 Å². The zero-order valence-electron chi connectivity index (χ0n) is 18.0. The summed E-state index contributed by atoms with van der Waals surface area (Å²) in [7, 11) is 0. The van der Waals surface area contributed by atoms with E-state index < -0.39 is 17.9 Å². The Morgan fingerprint density at radius 3 is 2.61 bits per heavy atom. The number of carboxylic acids is 1. The molecule has 1 aliphatic carbocycles. The monoisotopic (exact) mass is 429 g/mol. The second-order valence-electron chi connectivity index (χ2n) is 8.89. The van der Waals surface area contributed by atoms with Crippen molar-refractivity contribution in [1.29, 1.82) is 0 Å². The molecule has 1 aliphatic heterocycles. The molecule has 4 rings (SSSR count). The number of rotatable bonds is 5. The number of amides is 1. The van der Waals surface area contributed by atoms with Crippen molar-refractivity contribution < 1.29 is 28.6 Å². The predicted molar refractivity (Wildman–Crippen MR) is 113 cm³/mol. The Kier molecular flexibility index (Phi) is 5.41. The van der Waals surface area contributed by atoms with Gasteiger partial charge in [-0.05, 0) is 64.9 Å². The summed E-state index contributed by atoms with van der Waals surface area (Å²) >= 11 is 0. The molecule has 1 atom stereocenters. The number of ether oxygens (including phenoxy) is 2. The van der Waals surface area contributed by atoms with Crippen molar-refractivity contribution in [2.24, 2.45) is 0 Å². The summed E-state index contributed by atoms with van der Waals surface area (Å²) in [6.07, 6.45) is 4.77. The molecule has 2 heterocycles. The number of carbonyl (C=O) groups is 2. The molecule has 0 fully saturated rings. The van der Waals surface area contributed by atoms with Gasteiger partial charge in [-0.3, -0.25) is 9.59 Å². The highest BCUT2D eigenvalue weighted by Crippen LogP contribution is 2.44. The minimum atomic E-state index is -1.13. The fraction of sp³-hybridized carbons (Fsp3) is 0.522. The van der Waals surface area contributed by atoms with Gasteiger partial charge in [-0.1, -0.05) is 0 Å². The summed E-state index contributed by atoms with van der Waals surface area (Å²) in [6.45, 7) is 5.01. The number of aryl methyl sites for hydroxylation is 2. The van der Waals surface area contributed by atoms with Gasteiger partial charge in [0.25, 0.3) is 5.91 Å². The fourth-order valence-electron chi connectivity index (χ4n) is 4.32. The Morgan fingerprint density at radius 1 is 1.19 bits per heavy atom. The molecule has 2 N–H and O–H groups in total. The summed E-state index contributed by atoms with van der Waals surface area (Å²) in [5.74, 6) is -0.684. The Labute approximate surface area is 179 Å². The van der Waals surface area contributed by atoms with Crippen LogP contribution in [0, 0.1) is 0 Å². The van der Waals surface area contributed by atoms with Gasteiger partial charge in [0.2, 0.25) is 0 Å². The Morgan fingerprint density at radius 2 is 1.90 bits per heavy atom. The van der Waals surface area contributed by atoms with Crippen molar-refractivity contribution in [2.75, 3.05) is 6.61 Å². The van der Waals surface area contributed by atoms with Crippen LogP contribution in [-0.2, 0) is 28.9 Å². The second kappa shape index (κ2) is 7.90. The van der Waals surface area contributed by atoms with Crippen LogP contribution in [0.4, 0.5) is 0 Å². The molecule has 1 aromatic carbocycles. The van der Waals surface area contributed by atoms with Crippen LogP contribution in [0.5, 0.6) is 11.5 Å². The highest BCUT2D eigenvalue weighted by Gasteiger charge is 2.32. The predicted octanol–water partition coefficient (Wildman–Crippen LogP) is 2.74. The Balaban J connectivity index is 1.79. The minimum Gasteiger partial charge on any atom is -0.487 e. The molecular formula is C23H27NO7. The molecule has 0 unspecified atom stereocenters. The van der Waals surface area contributed by atoms with E-state index in [1.165, 1.54) is 6.92 Å². The van der Waals surface area contributed by atoms with Crippen LogP contribution in [0.3, 0.4) is 0 Å². The van der Waals surface area contributed by atoms with Crippen LogP contribution in [0.25, 0.3) is 11.0 Å². The molecule has 8 heteroatoms. The molecule has 0 saturated heterocycles. The number of hydrogen-bond acceptors (Lipinski definition) is 6. The number of aliphatic carboxylic acids is 1. The summed E-state index contributed by atoms with van der Waals surface area (Å²) in [4.78, 5) is 35.9. The quantitative estimate of drug-likeness (QED) is 0.702. The minimum absolute atomic E-state index is 0.320. The van der Waals surface area contributed by atoms with Crippen molar-refractivity contribution in [2.45, 2.75) is 70.9 Å². The first-order valence-corrected chi connectivity index (χ1v) is 10.6. The Bertz CT molecular complexity index is 1120. The number of carboxylic acid groups (broad SMARTS) is 1. The molecule has 0 radical (unpaired) electrons. The van der Waals surface area contributed by atoms with Gasteiger partial charge in [-0.2, -0.15) is 0 Å². The van der Waals surface area contributed by atoms with Gasteiger partial charge in [0, 0.05) is 17.2 Å². The smallest absolute Gasteiger partial charge is 0.339 e. The van der Waals surface area contributed by atoms with Crippen LogP contribution in [0.1, 0.15) is 56.7 Å². The van der Waals surface area contributed by atoms with Crippen LogP contribution in [-0.4, -0.2) is 35.2 Å². The fourth-order valence-corrected chi connectivity index (χ4v) is 4.32. The van der Waals surface area contributed by atoms with E-state index in [2.05, 4.69) is 5.32 Å². The highest BCUT2D eigenvalue weighted by atomic mass is 16.5. The van der Waals surface area contributed by atoms with Gasteiger partial charge in [0.15, 0.2) is 6.61 Å². The maximum atomic E-state index is 12.7. The lowest BCUT2D eigenvalue weighted by Crippen LogP contribution is -2.40. The number of hydrogen-bond donors (Lipinski definition) is 2. The standard InChI is InChI=1S/C23H27NO7/c1-12(21(26)27)24-18(25)11-29-17-10-16-15(8-9-23(2,3)31-16)20-19(17)13-6-4-5-7-14(13)22(28)30-20/h10,12H,4-9,11H2,1-3H3,(H,24,25)(H,26,27)/t12-/m0/s1. The lowest BCUT2D eigenvalue weighted by atomic mass is 9.87. The first kappa shape index (κ1) is 21.2. The van der Waals surface area contributed by atoms with Crippen LogP contribution >= 0.6 is 0 Å². The van der Waals surface area contributed by atoms with E-state index in [-0.39, 0.29) is 17.8 Å². The van der Waals surface area contributed by atoms with Gasteiger partial charge in [0.1, 0.15) is 28.7 Å². The van der Waals surface area contributed by atoms with Crippen LogP contribution in [0.2, 0.25) is 0 Å². The second-order valence-corrected chi connectivity index (χ2v) is 8.89. The third-order valence-corrected chi connectivity index (χ3v) is 5.99. The maximum Gasteiger partial charge on any atom is 0.339 e. The van der Waals surface area contributed by atoms with Crippen LogP contribution < -0.4 is 20.4 Å². The van der Waals surface area contributed by atoms with E-state index in [0.29, 0.717) is 35.5 Å². The van der Waals surface area contributed by atoms with Crippen molar-refractivity contribution in [3.8, 4) is 11.5 Å². The average molecular weight is 429 g/mol. The van der Waals surface area contributed by atoms with E-state index in [1.807, 2.05) is 13.8 Å². The van der Waals surface area contributed by atoms with E-state index in [0.717, 1.165) is 42.2 Å². The summed E-state index contributed by atoms with van der Waals surface area (Å²) in [6, 6.07) is 0.743. The van der Waals surface area contributed by atoms with Crippen molar-refractivity contribution in [3.05, 3.63) is 33.2 Å². The number of carbonyl (C=O) groups excluding carboxylic acids is 1. The molecule has 0 spiro atoms. The summed E-state index contributed by atoms with van der Waals surface area (Å²) in [5.41, 5.74) is 2.20. The largest absolute Gasteiger partial charge is 0.487 e. The van der Waals surface area contributed by atoms with Gasteiger partial charge >= 0.3 is 11.6 Å². The maximum absolute atomic E-state index is 12.7. The number of benzene rings is 1. The Hall–Kier alpha value is -3.03. The lowest BCUT2D eigenvalue weighted by molar-refractivity contribution is -0.141. The summed E-state index contributed by atoms with van der Waals surface area (Å²) in [5, 5.41) is 12.1. The average Bonchev–Trinajstić information content (AvgIpc) is 2.71. The molecule has 8 nitrogen and oxygen atoms in total. The number of nitrogens with one attached hydrogen (secondary N) is 1. The van der Waals surface area contributed by atoms with Gasteiger partial charge in [-0.25, -0.2) is 4.79 Å². The number of fused-ring (bicyclic) bond motifs is 5. The summed E-state index contributed by atoms with van der Waals surface area (Å²) < 4.78 is 17.8. The highest BCUT2D eigenvalue weighted by molar-refractivity contribution is 5.93. The van der Waals surface area contributed by atoms with Crippen molar-refractivity contribution in [3.63, 3.8) is 0 Å². The molecule has 0 bridgehead atoms. The van der Waals surface area contributed by atoms with E-state index >= 15 is 0 Å². The molecule has 1 aromatic heterocycles. The van der Waals surface area contributed by atoms with Crippen molar-refractivity contribution >= 4 is 22.8 Å². The molecule has 1 amide bonds. The molecule has 166 valence electrons. The molecular weight excluding hydrogens is 402 g/mol. The normalized spacial score (nSPS) is 17.8. The molecule has 2 aromatic rings. The van der Waals surface area contributed by atoms with E-state index in [9.17, 15) is 14.4 Å². The van der Waals surface area contributed by atoms with Gasteiger partial charge in [-0.15, -0.1) is 0 Å². The topological polar surface area (TPSA) is 115 Å². The SMILES string of the molecule is C[C@H](NC(=O)COc1cc2c(c3oc(=O)c4c(c13)CCCC4)CCC(C)(C)O2)C(=O)O. The van der Waals surface area contributed by atoms with E-state index in [4.69, 9.17) is 19.0 Å². The lowest BCUT2D eigenvalue weighted by Gasteiger charge is -2.33. The van der Waals surface area contributed by atoms with Gasteiger partial charge < -0.3 is 24.3 Å². The third-order valence-electron chi connectivity index (χ3n) is 5.99. The molecule has 0 saturated carbocycles. The third kappa shape index (κ3) is 4.11. The molecule has 31 heavy (non-hydrogen) atoms. The zero-order valence-corrected chi connectivity index (χ0v) is 18.0. The van der Waals surface area contributed by atoms with Crippen LogP contribution in [0.15, 0.2) is 15.3 Å².